The van der Waals surface area contributed by atoms with Crippen molar-refractivity contribution < 1.29 is 17.7 Å². The highest BCUT2D eigenvalue weighted by atomic mass is 19.4. The van der Waals surface area contributed by atoms with Crippen LogP contribution in [0.3, 0.4) is 0 Å². The number of rotatable bonds is 3. The van der Waals surface area contributed by atoms with E-state index in [4.69, 9.17) is 4.52 Å². The van der Waals surface area contributed by atoms with Gasteiger partial charge in [0.1, 0.15) is 6.04 Å². The van der Waals surface area contributed by atoms with E-state index in [1.54, 1.807) is 6.92 Å². The fraction of sp³-hybridized carbons (Fsp3) is 0.545. The second-order valence-electron chi connectivity index (χ2n) is 4.62. The molecule has 0 saturated heterocycles. The van der Waals surface area contributed by atoms with Gasteiger partial charge in [-0.1, -0.05) is 5.16 Å². The van der Waals surface area contributed by atoms with Crippen LogP contribution in [0, 0.1) is 0 Å². The highest BCUT2D eigenvalue weighted by molar-refractivity contribution is 5.07. The minimum Gasteiger partial charge on any atom is -0.337 e. The van der Waals surface area contributed by atoms with Gasteiger partial charge in [-0.2, -0.15) is 23.3 Å². The number of alkyl halides is 3. The van der Waals surface area contributed by atoms with Gasteiger partial charge in [0.2, 0.25) is 0 Å². The van der Waals surface area contributed by atoms with Crippen molar-refractivity contribution in [2.75, 3.05) is 0 Å². The summed E-state index contributed by atoms with van der Waals surface area (Å²) in [6, 6.07) is 0.408. The minimum atomic E-state index is -4.45. The maximum Gasteiger partial charge on any atom is 0.435 e. The molecule has 0 aromatic carbocycles. The molecule has 0 bridgehead atoms. The predicted molar refractivity (Wildman–Crippen MR) is 57.3 cm³/mol. The maximum atomic E-state index is 12.5. The lowest BCUT2D eigenvalue weighted by Gasteiger charge is -2.07. The first-order chi connectivity index (χ1) is 8.95. The molecule has 2 heterocycles. The summed E-state index contributed by atoms with van der Waals surface area (Å²) in [5.41, 5.74) is -0.929. The Morgan fingerprint density at radius 3 is 2.74 bits per heavy atom. The Morgan fingerprint density at radius 1 is 1.42 bits per heavy atom. The van der Waals surface area contributed by atoms with Crippen LogP contribution in [0.15, 0.2) is 16.8 Å². The Kier molecular flexibility index (Phi) is 2.61. The molecular weight excluding hydrogens is 261 g/mol. The zero-order valence-corrected chi connectivity index (χ0v) is 10.1. The van der Waals surface area contributed by atoms with Gasteiger partial charge < -0.3 is 4.52 Å². The fourth-order valence-corrected chi connectivity index (χ4v) is 1.74. The molecule has 0 radical (unpaired) electrons. The molecule has 1 aliphatic carbocycles. The smallest absolute Gasteiger partial charge is 0.337 e. The number of aromatic nitrogens is 4. The van der Waals surface area contributed by atoms with Crippen molar-refractivity contribution in [3.8, 4) is 0 Å². The Labute approximate surface area is 106 Å². The molecule has 0 aliphatic heterocycles. The number of nitrogens with zero attached hydrogens (tertiary/aromatic N) is 4. The Balaban J connectivity index is 1.82. The van der Waals surface area contributed by atoms with Crippen molar-refractivity contribution in [2.24, 2.45) is 0 Å². The first-order valence-electron chi connectivity index (χ1n) is 5.91. The molecule has 19 heavy (non-hydrogen) atoms. The molecule has 1 aliphatic rings. The summed E-state index contributed by atoms with van der Waals surface area (Å²) < 4.78 is 43.6. The van der Waals surface area contributed by atoms with E-state index < -0.39 is 17.9 Å². The van der Waals surface area contributed by atoms with Crippen LogP contribution >= 0.6 is 0 Å². The van der Waals surface area contributed by atoms with Crippen molar-refractivity contribution in [3.63, 3.8) is 0 Å². The molecule has 0 amide bonds. The Hall–Kier alpha value is -1.86. The Bertz CT molecular complexity index is 585. The van der Waals surface area contributed by atoms with E-state index in [9.17, 15) is 13.2 Å². The van der Waals surface area contributed by atoms with Crippen molar-refractivity contribution >= 4 is 0 Å². The van der Waals surface area contributed by atoms with E-state index >= 15 is 0 Å². The molecule has 2 aromatic heterocycles. The zero-order chi connectivity index (χ0) is 13.6. The van der Waals surface area contributed by atoms with Gasteiger partial charge in [0.25, 0.3) is 5.89 Å². The van der Waals surface area contributed by atoms with E-state index in [0.29, 0.717) is 11.7 Å². The average molecular weight is 272 g/mol. The van der Waals surface area contributed by atoms with Crippen LogP contribution in [0.4, 0.5) is 13.2 Å². The van der Waals surface area contributed by atoms with E-state index in [0.717, 1.165) is 18.9 Å². The first-order valence-corrected chi connectivity index (χ1v) is 5.91. The molecule has 0 spiro atoms. The molecule has 2 aromatic rings. The van der Waals surface area contributed by atoms with Crippen molar-refractivity contribution in [2.45, 2.75) is 37.9 Å². The van der Waals surface area contributed by atoms with Gasteiger partial charge in [0.15, 0.2) is 11.5 Å². The fourth-order valence-electron chi connectivity index (χ4n) is 1.74. The summed E-state index contributed by atoms with van der Waals surface area (Å²) in [7, 11) is 0. The summed E-state index contributed by atoms with van der Waals surface area (Å²) in [5, 5.41) is 7.32. The van der Waals surface area contributed by atoms with Crippen LogP contribution in [0.25, 0.3) is 0 Å². The third-order valence-corrected chi connectivity index (χ3v) is 3.05. The van der Waals surface area contributed by atoms with Gasteiger partial charge in [0, 0.05) is 12.1 Å². The topological polar surface area (TPSA) is 56.7 Å². The second kappa shape index (κ2) is 4.07. The second-order valence-corrected chi connectivity index (χ2v) is 4.62. The number of hydrogen-bond donors (Lipinski definition) is 0. The third-order valence-electron chi connectivity index (χ3n) is 3.05. The molecule has 3 rings (SSSR count). The van der Waals surface area contributed by atoms with Crippen LogP contribution in [0.2, 0.25) is 0 Å². The van der Waals surface area contributed by atoms with Crippen LogP contribution in [-0.4, -0.2) is 19.9 Å². The molecular formula is C11H11F3N4O. The summed E-state index contributed by atoms with van der Waals surface area (Å²) in [6.07, 6.45) is -1.12. The first kappa shape index (κ1) is 12.2. The van der Waals surface area contributed by atoms with Gasteiger partial charge in [0.05, 0.1) is 0 Å². The SMILES string of the molecule is CC(c1nc(C2CC2)no1)n1ccc(C(F)(F)F)n1. The Morgan fingerprint density at radius 2 is 2.16 bits per heavy atom. The van der Waals surface area contributed by atoms with Crippen LogP contribution < -0.4 is 0 Å². The van der Waals surface area contributed by atoms with E-state index in [2.05, 4.69) is 15.2 Å². The van der Waals surface area contributed by atoms with Gasteiger partial charge >= 0.3 is 6.18 Å². The van der Waals surface area contributed by atoms with Gasteiger partial charge in [-0.25, -0.2) is 0 Å². The van der Waals surface area contributed by atoms with Crippen molar-refractivity contribution in [3.05, 3.63) is 29.7 Å². The van der Waals surface area contributed by atoms with Crippen LogP contribution in [0.1, 0.15) is 49.1 Å². The summed E-state index contributed by atoms with van der Waals surface area (Å²) in [5.74, 6) is 1.25. The van der Waals surface area contributed by atoms with Crippen molar-refractivity contribution in [1.82, 2.24) is 19.9 Å². The minimum absolute atomic E-state index is 0.277. The van der Waals surface area contributed by atoms with Gasteiger partial charge in [-0.3, -0.25) is 4.68 Å². The number of halogens is 3. The molecule has 0 N–H and O–H groups in total. The molecule has 1 saturated carbocycles. The average Bonchev–Trinajstić information content (AvgIpc) is 2.91. The third kappa shape index (κ3) is 2.34. The largest absolute Gasteiger partial charge is 0.435 e. The summed E-state index contributed by atoms with van der Waals surface area (Å²) in [4.78, 5) is 4.20. The maximum absolute atomic E-state index is 12.5. The van der Waals surface area contributed by atoms with E-state index in [1.807, 2.05) is 0 Å². The monoisotopic (exact) mass is 272 g/mol. The lowest BCUT2D eigenvalue weighted by Crippen LogP contribution is -2.11. The molecule has 1 unspecified atom stereocenters. The normalized spacial score (nSPS) is 17.7. The molecule has 1 fully saturated rings. The van der Waals surface area contributed by atoms with Crippen LogP contribution in [0.5, 0.6) is 0 Å². The summed E-state index contributed by atoms with van der Waals surface area (Å²) >= 11 is 0. The molecule has 102 valence electrons. The summed E-state index contributed by atoms with van der Waals surface area (Å²) in [6.45, 7) is 1.66. The van der Waals surface area contributed by atoms with E-state index in [-0.39, 0.29) is 5.89 Å². The predicted octanol–water partition coefficient (Wildman–Crippen LogP) is 2.77. The highest BCUT2D eigenvalue weighted by Gasteiger charge is 2.34. The lowest BCUT2D eigenvalue weighted by molar-refractivity contribution is -0.141. The van der Waals surface area contributed by atoms with Gasteiger partial charge in [-0.05, 0) is 25.8 Å². The van der Waals surface area contributed by atoms with E-state index in [1.165, 1.54) is 10.9 Å². The molecule has 5 nitrogen and oxygen atoms in total. The van der Waals surface area contributed by atoms with Crippen molar-refractivity contribution in [1.29, 1.82) is 0 Å². The standard InChI is InChI=1S/C11H11F3N4O/c1-6(10-15-9(17-19-10)7-2-3-7)18-5-4-8(16-18)11(12,13)14/h4-7H,2-3H2,1H3. The van der Waals surface area contributed by atoms with Crippen LogP contribution in [-0.2, 0) is 6.18 Å². The lowest BCUT2D eigenvalue weighted by atomic mass is 10.3. The zero-order valence-electron chi connectivity index (χ0n) is 10.1. The molecule has 8 heteroatoms. The van der Waals surface area contributed by atoms with Gasteiger partial charge in [-0.15, -0.1) is 0 Å². The quantitative estimate of drug-likeness (QED) is 0.862. The highest BCUT2D eigenvalue weighted by Crippen LogP contribution is 2.38. The number of hydrogen-bond acceptors (Lipinski definition) is 4. The molecule has 1 atom stereocenters.